The Bertz CT molecular complexity index is 651. The van der Waals surface area contributed by atoms with Crippen molar-refractivity contribution >= 4 is 28.6 Å². The van der Waals surface area contributed by atoms with E-state index in [1.54, 1.807) is 35.9 Å². The van der Waals surface area contributed by atoms with Crippen molar-refractivity contribution in [3.8, 4) is 0 Å². The summed E-state index contributed by atoms with van der Waals surface area (Å²) in [6, 6.07) is 8.99. The zero-order chi connectivity index (χ0) is 15.2. The van der Waals surface area contributed by atoms with Crippen LogP contribution in [0.4, 0.5) is 5.13 Å². The molecule has 6 nitrogen and oxygen atoms in total. The number of amides is 1. The number of nitrogens with one attached hydrogen (secondary N) is 1. The SMILES string of the molecule is O=C(NN=Cc1cnc(N2CCOCC2)s1)c1ccccc1. The molecule has 0 aliphatic carbocycles. The summed E-state index contributed by atoms with van der Waals surface area (Å²) >= 11 is 1.55. The minimum atomic E-state index is -0.227. The minimum absolute atomic E-state index is 0.227. The fourth-order valence-electron chi connectivity index (χ4n) is 2.05. The monoisotopic (exact) mass is 316 g/mol. The molecule has 0 radical (unpaired) electrons. The van der Waals surface area contributed by atoms with Crippen molar-refractivity contribution in [2.75, 3.05) is 31.2 Å². The first kappa shape index (κ1) is 14.7. The van der Waals surface area contributed by atoms with E-state index in [9.17, 15) is 4.79 Å². The normalized spacial score (nSPS) is 15.2. The Morgan fingerprint density at radius 3 is 2.86 bits per heavy atom. The molecule has 7 heteroatoms. The van der Waals surface area contributed by atoms with Gasteiger partial charge in [-0.1, -0.05) is 29.5 Å². The van der Waals surface area contributed by atoms with Crippen molar-refractivity contribution in [2.45, 2.75) is 0 Å². The molecule has 1 saturated heterocycles. The molecule has 2 aromatic rings. The largest absolute Gasteiger partial charge is 0.378 e. The average Bonchev–Trinajstić information content (AvgIpc) is 3.05. The van der Waals surface area contributed by atoms with Gasteiger partial charge in [0.2, 0.25) is 0 Å². The topological polar surface area (TPSA) is 66.8 Å². The van der Waals surface area contributed by atoms with Crippen LogP contribution in [0.25, 0.3) is 0 Å². The lowest BCUT2D eigenvalue weighted by Crippen LogP contribution is -2.36. The van der Waals surface area contributed by atoms with Crippen LogP contribution in [0.15, 0.2) is 41.6 Å². The Kier molecular flexibility index (Phi) is 4.77. The van der Waals surface area contributed by atoms with E-state index in [4.69, 9.17) is 4.74 Å². The van der Waals surface area contributed by atoms with Crippen LogP contribution < -0.4 is 10.3 Å². The summed E-state index contributed by atoms with van der Waals surface area (Å²) < 4.78 is 5.32. The summed E-state index contributed by atoms with van der Waals surface area (Å²) in [6.45, 7) is 3.18. The number of hydrogen-bond donors (Lipinski definition) is 1. The average molecular weight is 316 g/mol. The number of carbonyl (C=O) groups excluding carboxylic acids is 1. The van der Waals surface area contributed by atoms with Crippen LogP contribution in [-0.2, 0) is 4.74 Å². The Morgan fingerprint density at radius 2 is 2.09 bits per heavy atom. The molecule has 0 bridgehead atoms. The number of carbonyl (C=O) groups is 1. The fourth-order valence-corrected chi connectivity index (χ4v) is 2.88. The summed E-state index contributed by atoms with van der Waals surface area (Å²) in [5.74, 6) is -0.227. The Hall–Kier alpha value is -2.25. The van der Waals surface area contributed by atoms with Crippen LogP contribution in [0.2, 0.25) is 0 Å². The van der Waals surface area contributed by atoms with Crippen LogP contribution >= 0.6 is 11.3 Å². The van der Waals surface area contributed by atoms with Crippen LogP contribution in [0.3, 0.4) is 0 Å². The van der Waals surface area contributed by atoms with Crippen molar-refractivity contribution in [3.63, 3.8) is 0 Å². The van der Waals surface area contributed by atoms with Gasteiger partial charge in [-0.15, -0.1) is 0 Å². The molecule has 22 heavy (non-hydrogen) atoms. The van der Waals surface area contributed by atoms with E-state index in [2.05, 4.69) is 20.4 Å². The molecule has 1 aromatic heterocycles. The van der Waals surface area contributed by atoms with Gasteiger partial charge in [-0.25, -0.2) is 10.4 Å². The molecule has 0 atom stereocenters. The predicted octanol–water partition coefficient (Wildman–Crippen LogP) is 1.74. The van der Waals surface area contributed by atoms with Crippen molar-refractivity contribution in [1.29, 1.82) is 0 Å². The second-order valence-corrected chi connectivity index (χ2v) is 5.75. The molecule has 1 amide bonds. The van der Waals surface area contributed by atoms with Gasteiger partial charge in [0.25, 0.3) is 5.91 Å². The van der Waals surface area contributed by atoms with Crippen LogP contribution in [-0.4, -0.2) is 43.4 Å². The quantitative estimate of drug-likeness (QED) is 0.689. The van der Waals surface area contributed by atoms with Crippen LogP contribution in [0, 0.1) is 0 Å². The second kappa shape index (κ2) is 7.15. The van der Waals surface area contributed by atoms with E-state index in [-0.39, 0.29) is 5.91 Å². The van der Waals surface area contributed by atoms with Gasteiger partial charge in [-0.05, 0) is 12.1 Å². The maximum absolute atomic E-state index is 11.8. The molecule has 2 heterocycles. The summed E-state index contributed by atoms with van der Waals surface area (Å²) in [5, 5.41) is 4.94. The minimum Gasteiger partial charge on any atom is -0.378 e. The Balaban J connectivity index is 1.57. The predicted molar refractivity (Wildman–Crippen MR) is 86.6 cm³/mol. The molecule has 1 aromatic carbocycles. The summed E-state index contributed by atoms with van der Waals surface area (Å²) in [7, 11) is 0. The van der Waals surface area contributed by atoms with Gasteiger partial charge < -0.3 is 9.64 Å². The van der Waals surface area contributed by atoms with E-state index in [0.717, 1.165) is 36.3 Å². The van der Waals surface area contributed by atoms with E-state index >= 15 is 0 Å². The highest BCUT2D eigenvalue weighted by Crippen LogP contribution is 2.21. The summed E-state index contributed by atoms with van der Waals surface area (Å²) in [6.07, 6.45) is 3.37. The van der Waals surface area contributed by atoms with Gasteiger partial charge in [-0.2, -0.15) is 5.10 Å². The van der Waals surface area contributed by atoms with E-state index < -0.39 is 0 Å². The number of ether oxygens (including phenoxy) is 1. The fraction of sp³-hybridized carbons (Fsp3) is 0.267. The van der Waals surface area contributed by atoms with Gasteiger partial charge in [0.05, 0.1) is 24.3 Å². The van der Waals surface area contributed by atoms with Gasteiger partial charge in [0.1, 0.15) is 0 Å². The number of morpholine rings is 1. The van der Waals surface area contributed by atoms with Crippen LogP contribution in [0.5, 0.6) is 0 Å². The molecular weight excluding hydrogens is 300 g/mol. The Labute approximate surface area is 132 Å². The third-order valence-electron chi connectivity index (χ3n) is 3.19. The molecule has 0 saturated carbocycles. The van der Waals surface area contributed by atoms with Crippen molar-refractivity contribution < 1.29 is 9.53 Å². The van der Waals surface area contributed by atoms with E-state index in [1.165, 1.54) is 0 Å². The highest BCUT2D eigenvalue weighted by atomic mass is 32.1. The number of aromatic nitrogens is 1. The zero-order valence-corrected chi connectivity index (χ0v) is 12.8. The first-order valence-electron chi connectivity index (χ1n) is 7.00. The van der Waals surface area contributed by atoms with Crippen LogP contribution in [0.1, 0.15) is 15.2 Å². The maximum Gasteiger partial charge on any atom is 0.271 e. The van der Waals surface area contributed by atoms with Crippen molar-refractivity contribution in [2.24, 2.45) is 5.10 Å². The van der Waals surface area contributed by atoms with Gasteiger partial charge in [0, 0.05) is 24.8 Å². The van der Waals surface area contributed by atoms with Gasteiger partial charge >= 0.3 is 0 Å². The molecule has 0 spiro atoms. The number of anilines is 1. The lowest BCUT2D eigenvalue weighted by Gasteiger charge is -2.25. The molecule has 0 unspecified atom stereocenters. The van der Waals surface area contributed by atoms with E-state index in [1.807, 2.05) is 18.2 Å². The molecular formula is C15H16N4O2S. The van der Waals surface area contributed by atoms with Gasteiger partial charge in [-0.3, -0.25) is 4.79 Å². The zero-order valence-electron chi connectivity index (χ0n) is 11.9. The molecule has 1 aliphatic rings. The number of hydrogen-bond acceptors (Lipinski definition) is 6. The molecule has 114 valence electrons. The molecule has 1 aliphatic heterocycles. The highest BCUT2D eigenvalue weighted by molar-refractivity contribution is 7.17. The van der Waals surface area contributed by atoms with Crippen molar-refractivity contribution in [1.82, 2.24) is 10.4 Å². The number of benzene rings is 1. The third kappa shape index (κ3) is 3.69. The molecule has 1 N–H and O–H groups in total. The maximum atomic E-state index is 11.8. The summed E-state index contributed by atoms with van der Waals surface area (Å²) in [5.41, 5.74) is 3.09. The van der Waals surface area contributed by atoms with Crippen molar-refractivity contribution in [3.05, 3.63) is 47.0 Å². The standard InChI is InChI=1S/C15H16N4O2S/c20-14(12-4-2-1-3-5-12)18-17-11-13-10-16-15(22-13)19-6-8-21-9-7-19/h1-5,10-11H,6-9H2,(H,18,20). The van der Waals surface area contributed by atoms with Gasteiger partial charge in [0.15, 0.2) is 5.13 Å². The number of nitrogens with zero attached hydrogens (tertiary/aromatic N) is 3. The lowest BCUT2D eigenvalue weighted by molar-refractivity contribution is 0.0955. The molecule has 3 rings (SSSR count). The summed E-state index contributed by atoms with van der Waals surface area (Å²) in [4.78, 5) is 19.3. The second-order valence-electron chi connectivity index (χ2n) is 4.71. The first-order chi connectivity index (χ1) is 10.8. The number of rotatable bonds is 4. The highest BCUT2D eigenvalue weighted by Gasteiger charge is 2.14. The third-order valence-corrected chi connectivity index (χ3v) is 4.18. The molecule has 1 fully saturated rings. The Morgan fingerprint density at radius 1 is 1.32 bits per heavy atom. The number of thiazole rings is 1. The smallest absolute Gasteiger partial charge is 0.271 e. The number of hydrazone groups is 1. The van der Waals surface area contributed by atoms with E-state index in [0.29, 0.717) is 5.56 Å². The first-order valence-corrected chi connectivity index (χ1v) is 7.81. The lowest BCUT2D eigenvalue weighted by atomic mass is 10.2.